The number of hydrogen-bond acceptors (Lipinski definition) is 4. The molecule has 1 fully saturated rings. The molecule has 94 valence electrons. The average Bonchev–Trinajstić information content (AvgIpc) is 2.72. The topological polar surface area (TPSA) is 83.0 Å². The van der Waals surface area contributed by atoms with Gasteiger partial charge < -0.3 is 15.2 Å². The SMILES string of the molecule is CN=C1NC(=O)/C(=C/c2ccc(O)c(OC)c2)N1. The minimum Gasteiger partial charge on any atom is -0.504 e. The van der Waals surface area contributed by atoms with Crippen LogP contribution in [-0.2, 0) is 4.79 Å². The van der Waals surface area contributed by atoms with Gasteiger partial charge in [0.1, 0.15) is 5.70 Å². The quantitative estimate of drug-likeness (QED) is 0.662. The summed E-state index contributed by atoms with van der Waals surface area (Å²) in [4.78, 5) is 15.4. The zero-order valence-corrected chi connectivity index (χ0v) is 10.0. The number of phenolic OH excluding ortho intramolecular Hbond substituents is 1. The minimum absolute atomic E-state index is 0.0549. The van der Waals surface area contributed by atoms with Gasteiger partial charge in [0.2, 0.25) is 5.96 Å². The fourth-order valence-electron chi connectivity index (χ4n) is 1.55. The van der Waals surface area contributed by atoms with Gasteiger partial charge in [-0.3, -0.25) is 15.1 Å². The van der Waals surface area contributed by atoms with Gasteiger partial charge in [0.25, 0.3) is 5.91 Å². The van der Waals surface area contributed by atoms with Crippen LogP contribution in [0.2, 0.25) is 0 Å². The first-order valence-electron chi connectivity index (χ1n) is 5.28. The summed E-state index contributed by atoms with van der Waals surface area (Å²) in [7, 11) is 3.05. The zero-order valence-electron chi connectivity index (χ0n) is 10.0. The summed E-state index contributed by atoms with van der Waals surface area (Å²) in [5.41, 5.74) is 1.13. The van der Waals surface area contributed by atoms with Crippen LogP contribution >= 0.6 is 0 Å². The second kappa shape index (κ2) is 4.79. The Bertz CT molecular complexity index is 549. The smallest absolute Gasteiger partial charge is 0.274 e. The van der Waals surface area contributed by atoms with Crippen molar-refractivity contribution in [3.05, 3.63) is 29.5 Å². The Balaban J connectivity index is 2.31. The van der Waals surface area contributed by atoms with Crippen molar-refractivity contribution in [2.75, 3.05) is 14.2 Å². The van der Waals surface area contributed by atoms with Crippen LogP contribution < -0.4 is 15.4 Å². The van der Waals surface area contributed by atoms with E-state index in [0.29, 0.717) is 17.4 Å². The van der Waals surface area contributed by atoms with Crippen LogP contribution in [0, 0.1) is 0 Å². The highest BCUT2D eigenvalue weighted by Gasteiger charge is 2.20. The number of aliphatic imine (C=N–C) groups is 1. The molecule has 0 atom stereocenters. The molecule has 6 nitrogen and oxygen atoms in total. The Morgan fingerprint density at radius 1 is 1.39 bits per heavy atom. The van der Waals surface area contributed by atoms with Crippen molar-refractivity contribution >= 4 is 17.9 Å². The Kier molecular flexibility index (Phi) is 3.18. The lowest BCUT2D eigenvalue weighted by Gasteiger charge is -2.04. The van der Waals surface area contributed by atoms with Crippen molar-refractivity contribution < 1.29 is 14.6 Å². The molecule has 0 radical (unpaired) electrons. The van der Waals surface area contributed by atoms with Gasteiger partial charge in [0.15, 0.2) is 11.5 Å². The van der Waals surface area contributed by atoms with Gasteiger partial charge in [-0.2, -0.15) is 0 Å². The molecule has 2 rings (SSSR count). The molecular formula is C12H13N3O3. The maximum Gasteiger partial charge on any atom is 0.274 e. The van der Waals surface area contributed by atoms with Crippen LogP contribution in [0.3, 0.4) is 0 Å². The molecule has 1 aromatic rings. The fraction of sp³-hybridized carbons (Fsp3) is 0.167. The number of carbonyl (C=O) groups is 1. The number of hydrogen-bond donors (Lipinski definition) is 3. The summed E-state index contributed by atoms with van der Waals surface area (Å²) in [6.45, 7) is 0. The molecule has 1 aliphatic heterocycles. The van der Waals surface area contributed by atoms with E-state index in [-0.39, 0.29) is 11.7 Å². The highest BCUT2D eigenvalue weighted by Crippen LogP contribution is 2.27. The first kappa shape index (κ1) is 12.0. The number of rotatable bonds is 2. The van der Waals surface area contributed by atoms with Crippen LogP contribution in [0.5, 0.6) is 11.5 Å². The van der Waals surface area contributed by atoms with E-state index < -0.39 is 0 Å². The summed E-state index contributed by atoms with van der Waals surface area (Å²) in [6, 6.07) is 4.83. The van der Waals surface area contributed by atoms with Crippen LogP contribution in [0.15, 0.2) is 28.9 Å². The largest absolute Gasteiger partial charge is 0.504 e. The van der Waals surface area contributed by atoms with Crippen molar-refractivity contribution in [1.29, 1.82) is 0 Å². The van der Waals surface area contributed by atoms with E-state index in [1.54, 1.807) is 25.3 Å². The summed E-state index contributed by atoms with van der Waals surface area (Å²) < 4.78 is 5.00. The van der Waals surface area contributed by atoms with Crippen LogP contribution in [0.25, 0.3) is 6.08 Å². The molecule has 0 saturated carbocycles. The molecule has 1 aromatic carbocycles. The Morgan fingerprint density at radius 2 is 2.17 bits per heavy atom. The molecule has 3 N–H and O–H groups in total. The number of amides is 1. The molecule has 1 amide bonds. The number of guanidine groups is 1. The van der Waals surface area contributed by atoms with Crippen molar-refractivity contribution in [3.8, 4) is 11.5 Å². The molecule has 18 heavy (non-hydrogen) atoms. The lowest BCUT2D eigenvalue weighted by Crippen LogP contribution is -2.24. The number of nitrogens with one attached hydrogen (secondary N) is 2. The third kappa shape index (κ3) is 2.27. The molecule has 1 aliphatic rings. The van der Waals surface area contributed by atoms with E-state index in [1.807, 2.05) is 0 Å². The first-order chi connectivity index (χ1) is 8.63. The highest BCUT2D eigenvalue weighted by molar-refractivity contribution is 6.15. The van der Waals surface area contributed by atoms with Crippen LogP contribution in [0.1, 0.15) is 5.56 Å². The van der Waals surface area contributed by atoms with E-state index in [1.165, 1.54) is 13.2 Å². The number of phenols is 1. The van der Waals surface area contributed by atoms with Gasteiger partial charge in [-0.25, -0.2) is 0 Å². The third-order valence-electron chi connectivity index (χ3n) is 2.47. The van der Waals surface area contributed by atoms with Gasteiger partial charge >= 0.3 is 0 Å². The summed E-state index contributed by atoms with van der Waals surface area (Å²) >= 11 is 0. The van der Waals surface area contributed by atoms with Crippen molar-refractivity contribution in [3.63, 3.8) is 0 Å². The average molecular weight is 247 g/mol. The number of aromatic hydroxyl groups is 1. The van der Waals surface area contributed by atoms with Gasteiger partial charge in [-0.1, -0.05) is 6.07 Å². The summed E-state index contributed by atoms with van der Waals surface area (Å²) in [5, 5.41) is 14.9. The minimum atomic E-state index is -0.248. The van der Waals surface area contributed by atoms with E-state index in [0.717, 1.165) is 5.56 Å². The molecule has 6 heteroatoms. The predicted octanol–water partition coefficient (Wildman–Crippen LogP) is 0.447. The van der Waals surface area contributed by atoms with Crippen LogP contribution in [-0.4, -0.2) is 31.1 Å². The number of methoxy groups -OCH3 is 1. The fourth-order valence-corrected chi connectivity index (χ4v) is 1.55. The van der Waals surface area contributed by atoms with E-state index in [9.17, 15) is 9.90 Å². The van der Waals surface area contributed by atoms with Gasteiger partial charge in [0, 0.05) is 7.05 Å². The monoisotopic (exact) mass is 247 g/mol. The number of carbonyl (C=O) groups excluding carboxylic acids is 1. The van der Waals surface area contributed by atoms with Gasteiger partial charge in [-0.15, -0.1) is 0 Å². The van der Waals surface area contributed by atoms with E-state index >= 15 is 0 Å². The molecule has 0 aromatic heterocycles. The predicted molar refractivity (Wildman–Crippen MR) is 67.3 cm³/mol. The lowest BCUT2D eigenvalue weighted by atomic mass is 10.1. The number of ether oxygens (including phenoxy) is 1. The first-order valence-corrected chi connectivity index (χ1v) is 5.28. The molecule has 0 bridgehead atoms. The van der Waals surface area contributed by atoms with E-state index in [2.05, 4.69) is 15.6 Å². The Morgan fingerprint density at radius 3 is 2.78 bits per heavy atom. The molecule has 0 spiro atoms. The maximum atomic E-state index is 11.6. The Labute approximate surface area is 104 Å². The van der Waals surface area contributed by atoms with Crippen molar-refractivity contribution in [2.24, 2.45) is 4.99 Å². The third-order valence-corrected chi connectivity index (χ3v) is 2.47. The molecule has 0 aliphatic carbocycles. The summed E-state index contributed by atoms with van der Waals surface area (Å²) in [5.74, 6) is 0.575. The van der Waals surface area contributed by atoms with Crippen molar-refractivity contribution in [2.45, 2.75) is 0 Å². The maximum absolute atomic E-state index is 11.6. The van der Waals surface area contributed by atoms with E-state index in [4.69, 9.17) is 4.74 Å². The zero-order chi connectivity index (χ0) is 13.1. The van der Waals surface area contributed by atoms with Crippen molar-refractivity contribution in [1.82, 2.24) is 10.6 Å². The molecule has 0 unspecified atom stereocenters. The van der Waals surface area contributed by atoms with Crippen LogP contribution in [0.4, 0.5) is 0 Å². The van der Waals surface area contributed by atoms with Gasteiger partial charge in [0.05, 0.1) is 7.11 Å². The normalized spacial score (nSPS) is 18.9. The summed E-state index contributed by atoms with van der Waals surface area (Å²) in [6.07, 6.45) is 1.65. The molecular weight excluding hydrogens is 234 g/mol. The number of benzene rings is 1. The molecule has 1 heterocycles. The Hall–Kier alpha value is -2.50. The molecule has 1 saturated heterocycles. The second-order valence-electron chi connectivity index (χ2n) is 3.64. The standard InChI is InChI=1S/C12H13N3O3/c1-13-12-14-8(11(17)15-12)5-7-3-4-9(16)10(6-7)18-2/h3-6,16H,1-2H3,(H2,13,14,15,17)/b8-5-. The number of nitrogens with zero attached hydrogens (tertiary/aromatic N) is 1. The van der Waals surface area contributed by atoms with Gasteiger partial charge in [-0.05, 0) is 23.8 Å². The highest BCUT2D eigenvalue weighted by atomic mass is 16.5. The lowest BCUT2D eigenvalue weighted by molar-refractivity contribution is -0.115. The second-order valence-corrected chi connectivity index (χ2v) is 3.64.